The van der Waals surface area contributed by atoms with Crippen molar-refractivity contribution in [3.05, 3.63) is 71.8 Å². The molecule has 2 aromatic rings. The number of aryl methyl sites for hydroxylation is 2. The predicted octanol–water partition coefficient (Wildman–Crippen LogP) is 9.68. The summed E-state index contributed by atoms with van der Waals surface area (Å²) in [5.74, 6) is 1.15. The van der Waals surface area contributed by atoms with Gasteiger partial charge in [-0.25, -0.2) is 4.79 Å². The lowest BCUT2D eigenvalue weighted by Crippen LogP contribution is -1.96. The molecule has 2 rings (SSSR count). The first-order chi connectivity index (χ1) is 19.9. The van der Waals surface area contributed by atoms with Crippen molar-refractivity contribution in [3.8, 4) is 11.5 Å². The molecule has 0 aliphatic carbocycles. The quantitative estimate of drug-likeness (QED) is 0.109. The largest absolute Gasteiger partial charge is 0.478 e. The van der Waals surface area contributed by atoms with E-state index in [1.165, 1.54) is 108 Å². The Labute approximate surface area is 250 Å². The summed E-state index contributed by atoms with van der Waals surface area (Å²) in [4.78, 5) is 9.60. The minimum Gasteiger partial charge on any atom is -0.478 e. The Morgan fingerprint density at radius 2 is 0.951 bits per heavy atom. The second kappa shape index (κ2) is 27.5. The fourth-order valence-corrected chi connectivity index (χ4v) is 4.28. The molecule has 0 amide bonds. The number of ether oxygens (including phenoxy) is 1. The Kier molecular flexibility index (Phi) is 25.8. The molecule has 5 heteroatoms. The lowest BCUT2D eigenvalue weighted by molar-refractivity contribution is -0.132. The molecule has 0 bridgehead atoms. The van der Waals surface area contributed by atoms with E-state index >= 15 is 0 Å². The van der Waals surface area contributed by atoms with E-state index in [0.29, 0.717) is 0 Å². The number of carboxylic acid groups (broad SMARTS) is 1. The number of benzene rings is 2. The smallest absolute Gasteiger partial charge is 0.330 e. The highest BCUT2D eigenvalue weighted by atomic mass is 16.5. The van der Waals surface area contributed by atoms with Crippen molar-refractivity contribution in [3.63, 3.8) is 0 Å². The number of rotatable bonds is 20. The van der Waals surface area contributed by atoms with Gasteiger partial charge in [0.2, 0.25) is 0 Å². The fourth-order valence-electron chi connectivity index (χ4n) is 4.28. The zero-order valence-corrected chi connectivity index (χ0v) is 26.2. The van der Waals surface area contributed by atoms with Crippen LogP contribution < -0.4 is 4.74 Å². The van der Waals surface area contributed by atoms with Gasteiger partial charge >= 0.3 is 5.97 Å². The van der Waals surface area contributed by atoms with E-state index < -0.39 is 5.97 Å². The number of para-hydroxylation sites is 2. The number of hydrogen-bond donors (Lipinski definition) is 3. The second-order valence-corrected chi connectivity index (χ2v) is 10.6. The number of aliphatic hydroxyl groups is 2. The molecular weight excluding hydrogens is 512 g/mol. The van der Waals surface area contributed by atoms with Crippen LogP contribution in [0, 0.1) is 0 Å². The van der Waals surface area contributed by atoms with Gasteiger partial charge in [0.1, 0.15) is 11.5 Å². The molecule has 2 aromatic carbocycles. The third-order valence-electron chi connectivity index (χ3n) is 6.73. The van der Waals surface area contributed by atoms with Gasteiger partial charge < -0.3 is 20.1 Å². The molecule has 0 saturated heterocycles. The van der Waals surface area contributed by atoms with Crippen LogP contribution in [0.2, 0.25) is 0 Å². The molecule has 3 N–H and O–H groups in total. The molecule has 0 radical (unpaired) electrons. The molecule has 232 valence electrons. The van der Waals surface area contributed by atoms with Crippen LogP contribution in [0.1, 0.15) is 122 Å². The summed E-state index contributed by atoms with van der Waals surface area (Å²) in [6, 6.07) is 17.3. The lowest BCUT2D eigenvalue weighted by atomic mass is 10.0. The molecule has 0 atom stereocenters. The topological polar surface area (TPSA) is 87.0 Å². The van der Waals surface area contributed by atoms with Crippen LogP contribution in [-0.2, 0) is 17.6 Å². The van der Waals surface area contributed by atoms with Gasteiger partial charge in [-0.05, 0) is 55.9 Å². The molecule has 0 aliphatic heterocycles. The third-order valence-corrected chi connectivity index (χ3v) is 6.73. The first kappa shape index (κ1) is 38.4. The van der Waals surface area contributed by atoms with Crippen LogP contribution in [0.5, 0.6) is 11.5 Å². The third kappa shape index (κ3) is 21.7. The summed E-state index contributed by atoms with van der Waals surface area (Å²) in [6.07, 6.45) is 21.1. The summed E-state index contributed by atoms with van der Waals surface area (Å²) in [6.45, 7) is 8.91. The number of aliphatic carboxylic acids is 1. The van der Waals surface area contributed by atoms with Gasteiger partial charge in [-0.2, -0.15) is 0 Å². The number of carbonyl (C=O) groups is 1. The Bertz CT molecular complexity index is 835. The summed E-state index contributed by atoms with van der Waals surface area (Å²) >= 11 is 0. The standard InChI is InChI=1S/C30H46O.C4H6O2.C2H6O2/c1-3-5-7-9-11-13-15-21-27-23-17-19-25-29(27)31-30-26-20-18-24-28(30)22-16-14-12-10-8-6-4-2;1-3(2)4(5)6;3-1-2-4/h17-20,23-26H,3-16,21-22H2,1-2H3;1H2,2H3,(H,5,6);3-4H,1-2H2. The normalized spacial score (nSPS) is 10.2. The van der Waals surface area contributed by atoms with Crippen LogP contribution in [0.25, 0.3) is 0 Å². The molecule has 0 aromatic heterocycles. The maximum atomic E-state index is 9.60. The molecular formula is C36H58O5. The number of unbranched alkanes of at least 4 members (excludes halogenated alkanes) is 12. The van der Waals surface area contributed by atoms with Gasteiger partial charge in [0, 0.05) is 5.57 Å². The zero-order valence-electron chi connectivity index (χ0n) is 26.2. The van der Waals surface area contributed by atoms with Gasteiger partial charge in [-0.1, -0.05) is 134 Å². The minimum atomic E-state index is -0.935. The van der Waals surface area contributed by atoms with E-state index in [4.69, 9.17) is 20.1 Å². The summed E-state index contributed by atoms with van der Waals surface area (Å²) in [5.41, 5.74) is 2.87. The van der Waals surface area contributed by atoms with Crippen LogP contribution in [0.15, 0.2) is 60.7 Å². The molecule has 0 unspecified atom stereocenters. The fraction of sp³-hybridized carbons (Fsp3) is 0.583. The Balaban J connectivity index is 0.00000137. The maximum Gasteiger partial charge on any atom is 0.330 e. The highest BCUT2D eigenvalue weighted by Crippen LogP contribution is 2.30. The maximum absolute atomic E-state index is 9.60. The SMILES string of the molecule is C=C(C)C(=O)O.CCCCCCCCCc1ccccc1Oc1ccccc1CCCCCCCCC.OCCO. The summed E-state index contributed by atoms with van der Waals surface area (Å²) in [5, 5.41) is 23.1. The van der Waals surface area contributed by atoms with Gasteiger partial charge in [-0.15, -0.1) is 0 Å². The lowest BCUT2D eigenvalue weighted by Gasteiger charge is -2.14. The van der Waals surface area contributed by atoms with E-state index in [1.807, 2.05) is 0 Å². The van der Waals surface area contributed by atoms with Crippen molar-refractivity contribution in [2.24, 2.45) is 0 Å². The Morgan fingerprint density at radius 3 is 1.27 bits per heavy atom. The van der Waals surface area contributed by atoms with E-state index in [0.717, 1.165) is 24.3 Å². The van der Waals surface area contributed by atoms with Crippen LogP contribution >= 0.6 is 0 Å². The van der Waals surface area contributed by atoms with E-state index in [9.17, 15) is 4.79 Å². The van der Waals surface area contributed by atoms with E-state index in [-0.39, 0.29) is 18.8 Å². The van der Waals surface area contributed by atoms with Crippen molar-refractivity contribution < 1.29 is 24.9 Å². The van der Waals surface area contributed by atoms with E-state index in [2.05, 4.69) is 69.0 Å². The van der Waals surface area contributed by atoms with Crippen molar-refractivity contribution in [2.75, 3.05) is 13.2 Å². The predicted molar refractivity (Wildman–Crippen MR) is 173 cm³/mol. The molecule has 0 spiro atoms. The molecule has 0 aliphatic rings. The number of aliphatic hydroxyl groups excluding tert-OH is 2. The minimum absolute atomic E-state index is 0.125. The second-order valence-electron chi connectivity index (χ2n) is 10.6. The van der Waals surface area contributed by atoms with Crippen molar-refractivity contribution >= 4 is 5.97 Å². The van der Waals surface area contributed by atoms with Crippen molar-refractivity contribution in [2.45, 2.75) is 124 Å². The summed E-state index contributed by atoms with van der Waals surface area (Å²) in [7, 11) is 0. The number of carboxylic acids is 1. The summed E-state index contributed by atoms with van der Waals surface area (Å²) < 4.78 is 6.46. The average Bonchev–Trinajstić information content (AvgIpc) is 2.98. The average molecular weight is 571 g/mol. The molecule has 0 saturated carbocycles. The first-order valence-corrected chi connectivity index (χ1v) is 15.8. The van der Waals surface area contributed by atoms with Gasteiger partial charge in [0.15, 0.2) is 0 Å². The highest BCUT2D eigenvalue weighted by molar-refractivity contribution is 5.84. The zero-order chi connectivity index (χ0) is 30.6. The van der Waals surface area contributed by atoms with Gasteiger partial charge in [0.25, 0.3) is 0 Å². The first-order valence-electron chi connectivity index (χ1n) is 15.8. The molecule has 0 heterocycles. The number of hydrogen-bond acceptors (Lipinski definition) is 4. The van der Waals surface area contributed by atoms with Crippen molar-refractivity contribution in [1.29, 1.82) is 0 Å². The van der Waals surface area contributed by atoms with Crippen molar-refractivity contribution in [1.82, 2.24) is 0 Å². The van der Waals surface area contributed by atoms with Gasteiger partial charge in [-0.3, -0.25) is 0 Å². The van der Waals surface area contributed by atoms with E-state index in [1.54, 1.807) is 0 Å². The molecule has 41 heavy (non-hydrogen) atoms. The van der Waals surface area contributed by atoms with Crippen LogP contribution in [0.3, 0.4) is 0 Å². The van der Waals surface area contributed by atoms with Crippen LogP contribution in [0.4, 0.5) is 0 Å². The van der Waals surface area contributed by atoms with Crippen LogP contribution in [-0.4, -0.2) is 34.5 Å². The van der Waals surface area contributed by atoms with Gasteiger partial charge in [0.05, 0.1) is 13.2 Å². The monoisotopic (exact) mass is 570 g/mol. The Hall–Kier alpha value is -2.63. The highest BCUT2D eigenvalue weighted by Gasteiger charge is 2.08. The Morgan fingerprint density at radius 1 is 0.634 bits per heavy atom. The molecule has 0 fully saturated rings. The molecule has 5 nitrogen and oxygen atoms in total.